The molecule has 0 spiro atoms. The highest BCUT2D eigenvalue weighted by Gasteiger charge is 2.28. The van der Waals surface area contributed by atoms with Crippen LogP contribution in [0.2, 0.25) is 0 Å². The second-order valence-electron chi connectivity index (χ2n) is 4.32. The third-order valence-electron chi connectivity index (χ3n) is 3.39. The molecule has 2 heterocycles. The van der Waals surface area contributed by atoms with Gasteiger partial charge in [0, 0.05) is 32.2 Å². The Balaban J connectivity index is 1.98. The van der Waals surface area contributed by atoms with Crippen molar-refractivity contribution in [2.45, 2.75) is 6.04 Å². The first kappa shape index (κ1) is 9.78. The van der Waals surface area contributed by atoms with Crippen LogP contribution >= 0.6 is 0 Å². The van der Waals surface area contributed by atoms with Gasteiger partial charge >= 0.3 is 0 Å². The fourth-order valence-corrected chi connectivity index (χ4v) is 2.51. The van der Waals surface area contributed by atoms with E-state index < -0.39 is 0 Å². The van der Waals surface area contributed by atoms with Crippen LogP contribution in [0.1, 0.15) is 0 Å². The molecular formula is C12H17N3O. The fourth-order valence-electron chi connectivity index (χ4n) is 2.51. The standard InChI is InChI=1S/C12H17N3O/c1-16-10-2-3-11-12(6-10)15-5-4-13-7-9(15)8-14-11/h2-3,6,9,13-14H,4-5,7-8H2,1H3. The van der Waals surface area contributed by atoms with Gasteiger partial charge < -0.3 is 20.3 Å². The van der Waals surface area contributed by atoms with E-state index in [0.717, 1.165) is 31.9 Å². The minimum Gasteiger partial charge on any atom is -0.497 e. The molecule has 1 unspecified atom stereocenters. The van der Waals surface area contributed by atoms with E-state index in [2.05, 4.69) is 27.7 Å². The Morgan fingerprint density at radius 2 is 2.31 bits per heavy atom. The Morgan fingerprint density at radius 3 is 3.19 bits per heavy atom. The van der Waals surface area contributed by atoms with Crippen molar-refractivity contribution >= 4 is 11.4 Å². The minimum atomic E-state index is 0.563. The molecule has 1 aromatic rings. The maximum absolute atomic E-state index is 5.29. The molecule has 2 N–H and O–H groups in total. The van der Waals surface area contributed by atoms with Gasteiger partial charge in [-0.15, -0.1) is 0 Å². The van der Waals surface area contributed by atoms with Crippen LogP contribution in [0.4, 0.5) is 11.4 Å². The summed E-state index contributed by atoms with van der Waals surface area (Å²) in [6, 6.07) is 6.80. The van der Waals surface area contributed by atoms with Crippen molar-refractivity contribution in [3.05, 3.63) is 18.2 Å². The third-order valence-corrected chi connectivity index (χ3v) is 3.39. The predicted octanol–water partition coefficient (Wildman–Crippen LogP) is 0.899. The summed E-state index contributed by atoms with van der Waals surface area (Å²) in [6.07, 6.45) is 0. The van der Waals surface area contributed by atoms with Crippen LogP contribution in [0.5, 0.6) is 5.75 Å². The van der Waals surface area contributed by atoms with E-state index >= 15 is 0 Å². The van der Waals surface area contributed by atoms with Crippen molar-refractivity contribution in [3.63, 3.8) is 0 Å². The number of fused-ring (bicyclic) bond motifs is 3. The number of hydrogen-bond donors (Lipinski definition) is 2. The molecule has 2 aliphatic rings. The summed E-state index contributed by atoms with van der Waals surface area (Å²) in [5.41, 5.74) is 2.50. The second-order valence-corrected chi connectivity index (χ2v) is 4.32. The Bertz CT molecular complexity index is 394. The van der Waals surface area contributed by atoms with Crippen LogP contribution < -0.4 is 20.3 Å². The van der Waals surface area contributed by atoms with E-state index in [1.165, 1.54) is 11.4 Å². The van der Waals surface area contributed by atoms with Gasteiger partial charge in [-0.3, -0.25) is 0 Å². The van der Waals surface area contributed by atoms with Crippen molar-refractivity contribution in [2.24, 2.45) is 0 Å². The molecule has 16 heavy (non-hydrogen) atoms. The number of benzene rings is 1. The molecule has 0 aromatic heterocycles. The summed E-state index contributed by atoms with van der Waals surface area (Å²) in [7, 11) is 1.72. The molecule has 3 rings (SSSR count). The predicted molar refractivity (Wildman–Crippen MR) is 65.5 cm³/mol. The number of hydrogen-bond acceptors (Lipinski definition) is 4. The zero-order chi connectivity index (χ0) is 11.0. The van der Waals surface area contributed by atoms with E-state index in [0.29, 0.717) is 6.04 Å². The van der Waals surface area contributed by atoms with Gasteiger partial charge in [0.2, 0.25) is 0 Å². The zero-order valence-corrected chi connectivity index (χ0v) is 9.49. The Morgan fingerprint density at radius 1 is 1.38 bits per heavy atom. The molecule has 86 valence electrons. The first-order valence-electron chi connectivity index (χ1n) is 5.78. The molecule has 1 fully saturated rings. The average molecular weight is 219 g/mol. The van der Waals surface area contributed by atoms with Crippen LogP contribution in [0.15, 0.2) is 18.2 Å². The summed E-state index contributed by atoms with van der Waals surface area (Å²) < 4.78 is 5.29. The summed E-state index contributed by atoms with van der Waals surface area (Å²) in [6.45, 7) is 4.22. The monoisotopic (exact) mass is 219 g/mol. The van der Waals surface area contributed by atoms with E-state index in [4.69, 9.17) is 4.74 Å². The molecule has 0 radical (unpaired) electrons. The van der Waals surface area contributed by atoms with E-state index in [1.54, 1.807) is 7.11 Å². The largest absolute Gasteiger partial charge is 0.497 e. The van der Waals surface area contributed by atoms with Gasteiger partial charge in [0.15, 0.2) is 0 Å². The molecule has 4 nitrogen and oxygen atoms in total. The smallest absolute Gasteiger partial charge is 0.121 e. The van der Waals surface area contributed by atoms with Crippen LogP contribution in [-0.4, -0.2) is 39.3 Å². The lowest BCUT2D eigenvalue weighted by atomic mass is 10.1. The number of anilines is 2. The maximum Gasteiger partial charge on any atom is 0.121 e. The van der Waals surface area contributed by atoms with Gasteiger partial charge in [0.1, 0.15) is 5.75 Å². The molecule has 0 saturated carbocycles. The normalized spacial score (nSPS) is 23.1. The van der Waals surface area contributed by atoms with Crippen LogP contribution in [-0.2, 0) is 0 Å². The first-order valence-corrected chi connectivity index (χ1v) is 5.78. The highest BCUT2D eigenvalue weighted by molar-refractivity contribution is 5.74. The van der Waals surface area contributed by atoms with E-state index in [1.807, 2.05) is 6.07 Å². The third kappa shape index (κ3) is 1.50. The van der Waals surface area contributed by atoms with Crippen LogP contribution in [0.3, 0.4) is 0 Å². The van der Waals surface area contributed by atoms with E-state index in [9.17, 15) is 0 Å². The summed E-state index contributed by atoms with van der Waals surface area (Å²) in [5, 5.41) is 6.91. The fraction of sp³-hybridized carbons (Fsp3) is 0.500. The highest BCUT2D eigenvalue weighted by Crippen LogP contribution is 2.34. The Labute approximate surface area is 95.6 Å². The first-order chi connectivity index (χ1) is 7.88. The lowest BCUT2D eigenvalue weighted by Crippen LogP contribution is -2.56. The van der Waals surface area contributed by atoms with Gasteiger partial charge in [-0.1, -0.05) is 0 Å². The quantitative estimate of drug-likeness (QED) is 0.736. The lowest BCUT2D eigenvalue weighted by molar-refractivity contribution is 0.413. The zero-order valence-electron chi connectivity index (χ0n) is 9.49. The number of methoxy groups -OCH3 is 1. The van der Waals surface area contributed by atoms with Gasteiger partial charge in [-0.05, 0) is 12.1 Å². The van der Waals surface area contributed by atoms with Gasteiger partial charge in [0.05, 0.1) is 24.5 Å². The van der Waals surface area contributed by atoms with Crippen molar-refractivity contribution < 1.29 is 4.74 Å². The molecule has 1 aromatic carbocycles. The number of nitrogens with zero attached hydrogens (tertiary/aromatic N) is 1. The Hall–Kier alpha value is -1.42. The summed E-state index contributed by atoms with van der Waals surface area (Å²) in [5.74, 6) is 0.930. The van der Waals surface area contributed by atoms with Gasteiger partial charge in [0.25, 0.3) is 0 Å². The average Bonchev–Trinajstić information content (AvgIpc) is 2.38. The number of nitrogens with one attached hydrogen (secondary N) is 2. The number of rotatable bonds is 1. The van der Waals surface area contributed by atoms with Crippen molar-refractivity contribution in [1.82, 2.24) is 5.32 Å². The number of ether oxygens (including phenoxy) is 1. The molecule has 2 aliphatic heterocycles. The second kappa shape index (κ2) is 3.87. The molecule has 0 amide bonds. The lowest BCUT2D eigenvalue weighted by Gasteiger charge is -2.42. The molecule has 0 aliphatic carbocycles. The maximum atomic E-state index is 5.29. The summed E-state index contributed by atoms with van der Waals surface area (Å²) >= 11 is 0. The Kier molecular flexibility index (Phi) is 2.36. The topological polar surface area (TPSA) is 36.5 Å². The van der Waals surface area contributed by atoms with Crippen LogP contribution in [0.25, 0.3) is 0 Å². The SMILES string of the molecule is COc1ccc2c(c1)N1CCNCC1CN2. The highest BCUT2D eigenvalue weighted by atomic mass is 16.5. The van der Waals surface area contributed by atoms with Crippen molar-refractivity contribution in [3.8, 4) is 5.75 Å². The van der Waals surface area contributed by atoms with E-state index in [-0.39, 0.29) is 0 Å². The molecular weight excluding hydrogens is 202 g/mol. The van der Waals surface area contributed by atoms with Crippen molar-refractivity contribution in [2.75, 3.05) is 43.5 Å². The molecule has 1 atom stereocenters. The minimum absolute atomic E-state index is 0.563. The van der Waals surface area contributed by atoms with Crippen molar-refractivity contribution in [1.29, 1.82) is 0 Å². The number of piperazine rings is 1. The van der Waals surface area contributed by atoms with Crippen LogP contribution in [0, 0.1) is 0 Å². The molecule has 1 saturated heterocycles. The summed E-state index contributed by atoms with van der Waals surface area (Å²) in [4.78, 5) is 2.48. The van der Waals surface area contributed by atoms with Gasteiger partial charge in [-0.25, -0.2) is 0 Å². The van der Waals surface area contributed by atoms with Gasteiger partial charge in [-0.2, -0.15) is 0 Å². The molecule has 0 bridgehead atoms. The molecule has 4 heteroatoms.